The number of carbonyl (C=O) groups is 2. The molecule has 1 aromatic carbocycles. The average molecular weight is 552 g/mol. The molecule has 4 aliphatic rings. The number of carbonyl (C=O) groups excluding carboxylic acids is 2. The van der Waals surface area contributed by atoms with Gasteiger partial charge in [0, 0.05) is 31.4 Å². The topological polar surface area (TPSA) is 91.2 Å². The second kappa shape index (κ2) is 12.0. The highest BCUT2D eigenvalue weighted by atomic mass is 19.1. The van der Waals surface area contributed by atoms with Gasteiger partial charge in [-0.3, -0.25) is 14.6 Å². The Balaban J connectivity index is 1.34. The van der Waals surface area contributed by atoms with E-state index in [2.05, 4.69) is 42.2 Å². The number of aliphatic hydroxyl groups is 1. The van der Waals surface area contributed by atoms with Crippen molar-refractivity contribution in [2.45, 2.75) is 90.0 Å². The highest BCUT2D eigenvalue weighted by Gasteiger charge is 2.40. The van der Waals surface area contributed by atoms with Crippen LogP contribution >= 0.6 is 0 Å². The zero-order valence-corrected chi connectivity index (χ0v) is 23.8. The minimum Gasteiger partial charge on any atom is -0.393 e. The fourth-order valence-corrected chi connectivity index (χ4v) is 6.33. The molecule has 0 spiro atoms. The normalized spacial score (nSPS) is 26.6. The number of halogens is 1. The lowest BCUT2D eigenvalue weighted by Gasteiger charge is -2.40. The van der Waals surface area contributed by atoms with E-state index in [1.807, 2.05) is 12.3 Å². The Hall–Kier alpha value is -2.84. The summed E-state index contributed by atoms with van der Waals surface area (Å²) in [6, 6.07) is 5.32. The van der Waals surface area contributed by atoms with Crippen molar-refractivity contribution in [3.8, 4) is 0 Å². The smallest absolute Gasteiger partial charge is 0.227 e. The molecule has 7 nitrogen and oxygen atoms in total. The first-order valence-electron chi connectivity index (χ1n) is 14.7. The molecule has 1 saturated carbocycles. The highest BCUT2D eigenvalue weighted by molar-refractivity contribution is 5.90. The number of Topliss-reactive ketones (excluding diaryl/α,β-unsaturated/α-hetero) is 1. The molecule has 5 atom stereocenters. The molecule has 2 N–H and O–H groups in total. The van der Waals surface area contributed by atoms with E-state index in [0.717, 1.165) is 42.5 Å². The molecule has 5 unspecified atom stereocenters. The zero-order chi connectivity index (χ0) is 28.4. The van der Waals surface area contributed by atoms with Crippen LogP contribution in [0.15, 0.2) is 52.8 Å². The summed E-state index contributed by atoms with van der Waals surface area (Å²) in [4.78, 5) is 34.5. The Bertz CT molecular complexity index is 1180. The van der Waals surface area contributed by atoms with Gasteiger partial charge in [0.15, 0.2) is 5.78 Å². The number of aliphatic hydroxyl groups excluding tert-OH is 1. The van der Waals surface area contributed by atoms with E-state index in [1.54, 1.807) is 12.1 Å². The van der Waals surface area contributed by atoms with E-state index >= 15 is 0 Å². The lowest BCUT2D eigenvalue weighted by molar-refractivity contribution is -0.127. The number of benzene rings is 1. The summed E-state index contributed by atoms with van der Waals surface area (Å²) < 4.78 is 19.6. The first-order chi connectivity index (χ1) is 19.1. The lowest BCUT2D eigenvalue weighted by atomic mass is 9.77. The lowest BCUT2D eigenvalue weighted by Crippen LogP contribution is -2.49. The van der Waals surface area contributed by atoms with Gasteiger partial charge < -0.3 is 20.1 Å². The molecule has 0 radical (unpaired) electrons. The van der Waals surface area contributed by atoms with Crippen molar-refractivity contribution in [2.75, 3.05) is 13.2 Å². The number of hydrogen-bond acceptors (Lipinski definition) is 6. The number of ketones is 1. The van der Waals surface area contributed by atoms with Gasteiger partial charge in [-0.2, -0.15) is 0 Å². The Labute approximate surface area is 236 Å². The fraction of sp³-hybridized carbons (Fsp3) is 0.594. The number of hydrogen-bond donors (Lipinski definition) is 2. The van der Waals surface area contributed by atoms with Crippen molar-refractivity contribution < 1.29 is 23.8 Å². The van der Waals surface area contributed by atoms with Crippen LogP contribution < -0.4 is 5.32 Å². The molecule has 40 heavy (non-hydrogen) atoms. The van der Waals surface area contributed by atoms with Crippen molar-refractivity contribution in [1.29, 1.82) is 0 Å². The van der Waals surface area contributed by atoms with Crippen LogP contribution in [0.5, 0.6) is 0 Å². The standard InChI is InChI=1S/C32H42FN3O4/c1-32(2,3)30(36-15-14-34-26(19-36)20-6-7-20)27(38)17-22-10-13-24(37)18-25(22)31(39)35-29(28-5-4-16-40-28)21-8-11-23(33)12-9-21/h8-12,14,19-20,24-25,28-30,37H,4-7,13,15-18H2,1-3H3,(H,35,39). The summed E-state index contributed by atoms with van der Waals surface area (Å²) in [6.45, 7) is 7.41. The van der Waals surface area contributed by atoms with Gasteiger partial charge >= 0.3 is 0 Å². The zero-order valence-electron chi connectivity index (χ0n) is 23.8. The Kier molecular flexibility index (Phi) is 8.57. The van der Waals surface area contributed by atoms with Gasteiger partial charge in [-0.05, 0) is 61.6 Å². The van der Waals surface area contributed by atoms with Gasteiger partial charge in [0.05, 0.1) is 42.5 Å². The molecular formula is C32H42FN3O4. The molecule has 216 valence electrons. The molecule has 8 heteroatoms. The highest BCUT2D eigenvalue weighted by Crippen LogP contribution is 2.39. The Morgan fingerprint density at radius 1 is 1.20 bits per heavy atom. The van der Waals surface area contributed by atoms with Gasteiger partial charge in [0.25, 0.3) is 0 Å². The number of amides is 1. The summed E-state index contributed by atoms with van der Waals surface area (Å²) in [5.41, 5.74) is 2.25. The number of nitrogens with zero attached hydrogens (tertiary/aromatic N) is 2. The van der Waals surface area contributed by atoms with Crippen LogP contribution in [0.3, 0.4) is 0 Å². The van der Waals surface area contributed by atoms with Crippen LogP contribution in [-0.2, 0) is 14.3 Å². The second-order valence-electron chi connectivity index (χ2n) is 12.8. The number of allylic oxidation sites excluding steroid dienone is 1. The number of ether oxygens (including phenoxy) is 1. The summed E-state index contributed by atoms with van der Waals surface area (Å²) in [5.74, 6) is -0.658. The van der Waals surface area contributed by atoms with Crippen LogP contribution in [0.4, 0.5) is 4.39 Å². The molecule has 0 bridgehead atoms. The molecule has 1 amide bonds. The predicted octanol–water partition coefficient (Wildman–Crippen LogP) is 4.87. The van der Waals surface area contributed by atoms with Crippen molar-refractivity contribution in [3.05, 3.63) is 59.2 Å². The maximum atomic E-state index is 14.0. The van der Waals surface area contributed by atoms with Gasteiger partial charge in [-0.25, -0.2) is 4.39 Å². The van der Waals surface area contributed by atoms with E-state index in [9.17, 15) is 19.1 Å². The third-order valence-electron chi connectivity index (χ3n) is 8.45. The largest absolute Gasteiger partial charge is 0.393 e. The fourth-order valence-electron chi connectivity index (χ4n) is 6.33. The van der Waals surface area contributed by atoms with Gasteiger partial charge in [0.1, 0.15) is 5.82 Å². The minimum absolute atomic E-state index is 0.0591. The van der Waals surface area contributed by atoms with Crippen LogP contribution in [-0.4, -0.2) is 59.3 Å². The molecule has 2 aliphatic heterocycles. The average Bonchev–Trinajstić information content (AvgIpc) is 3.62. The number of nitrogens with one attached hydrogen (secondary N) is 1. The summed E-state index contributed by atoms with van der Waals surface area (Å²) in [6.07, 6.45) is 9.76. The minimum atomic E-state index is -0.651. The first kappa shape index (κ1) is 28.7. The van der Waals surface area contributed by atoms with Gasteiger partial charge in [-0.15, -0.1) is 0 Å². The van der Waals surface area contributed by atoms with E-state index in [1.165, 1.54) is 12.1 Å². The monoisotopic (exact) mass is 551 g/mol. The first-order valence-corrected chi connectivity index (χ1v) is 14.7. The molecule has 2 aliphatic carbocycles. The van der Waals surface area contributed by atoms with Crippen molar-refractivity contribution in [3.63, 3.8) is 0 Å². The van der Waals surface area contributed by atoms with Crippen LogP contribution in [0.2, 0.25) is 0 Å². The van der Waals surface area contributed by atoms with Crippen molar-refractivity contribution in [2.24, 2.45) is 22.2 Å². The van der Waals surface area contributed by atoms with Crippen molar-refractivity contribution in [1.82, 2.24) is 10.2 Å². The summed E-state index contributed by atoms with van der Waals surface area (Å²) in [5, 5.41) is 13.6. The molecule has 2 heterocycles. The van der Waals surface area contributed by atoms with E-state index < -0.39 is 18.1 Å². The maximum absolute atomic E-state index is 14.0. The number of aliphatic imine (C=N–C) groups is 1. The Morgan fingerprint density at radius 3 is 2.60 bits per heavy atom. The van der Waals surface area contributed by atoms with E-state index in [4.69, 9.17) is 4.74 Å². The Morgan fingerprint density at radius 2 is 1.95 bits per heavy atom. The molecule has 5 rings (SSSR count). The SMILES string of the molecule is CC(C)(C)C(C(=O)CC1=CCC(O)CC1C(=O)NC(c1ccc(F)cc1)C1CCCO1)N1C=C(C2CC2)N=CC1. The molecule has 1 saturated heterocycles. The van der Waals surface area contributed by atoms with Crippen LogP contribution in [0, 0.1) is 23.1 Å². The van der Waals surface area contributed by atoms with E-state index in [0.29, 0.717) is 25.5 Å². The number of rotatable bonds is 9. The van der Waals surface area contributed by atoms with Crippen LogP contribution in [0.1, 0.15) is 77.3 Å². The summed E-state index contributed by atoms with van der Waals surface area (Å²) in [7, 11) is 0. The third-order valence-corrected chi connectivity index (χ3v) is 8.45. The molecule has 1 aromatic rings. The van der Waals surface area contributed by atoms with Crippen molar-refractivity contribution >= 4 is 17.9 Å². The molecular weight excluding hydrogens is 509 g/mol. The second-order valence-corrected chi connectivity index (χ2v) is 12.8. The summed E-state index contributed by atoms with van der Waals surface area (Å²) >= 11 is 0. The van der Waals surface area contributed by atoms with Crippen LogP contribution in [0.25, 0.3) is 0 Å². The molecule has 0 aromatic heterocycles. The van der Waals surface area contributed by atoms with Gasteiger partial charge in [0.2, 0.25) is 5.91 Å². The maximum Gasteiger partial charge on any atom is 0.227 e. The third kappa shape index (κ3) is 6.72. The predicted molar refractivity (Wildman–Crippen MR) is 152 cm³/mol. The van der Waals surface area contributed by atoms with E-state index in [-0.39, 0.29) is 47.9 Å². The van der Waals surface area contributed by atoms with Gasteiger partial charge in [-0.1, -0.05) is 44.6 Å². The molecule has 2 fully saturated rings. The quantitative estimate of drug-likeness (QED) is 0.428.